The molecule has 1 N–H and O–H groups in total. The summed E-state index contributed by atoms with van der Waals surface area (Å²) in [6.45, 7) is 7.68. The highest BCUT2D eigenvalue weighted by Gasteiger charge is 2.23. The van der Waals surface area contributed by atoms with Gasteiger partial charge in [0, 0.05) is 38.4 Å². The van der Waals surface area contributed by atoms with Gasteiger partial charge in [0.15, 0.2) is 0 Å². The Labute approximate surface area is 158 Å². The Morgan fingerprint density at radius 2 is 1.96 bits per heavy atom. The van der Waals surface area contributed by atoms with E-state index in [4.69, 9.17) is 4.98 Å². The van der Waals surface area contributed by atoms with E-state index in [9.17, 15) is 0 Å². The SMILES string of the molecule is CCCC=CCN1CCCC1CNc1nccc(N2CCCCCC2)n1. The van der Waals surface area contributed by atoms with Crippen molar-refractivity contribution in [2.24, 2.45) is 0 Å². The second kappa shape index (κ2) is 10.5. The molecule has 0 bridgehead atoms. The number of nitrogens with one attached hydrogen (secondary N) is 1. The maximum Gasteiger partial charge on any atom is 0.224 e. The summed E-state index contributed by atoms with van der Waals surface area (Å²) in [5.41, 5.74) is 0. The molecule has 1 aromatic heterocycles. The molecule has 3 heterocycles. The summed E-state index contributed by atoms with van der Waals surface area (Å²) >= 11 is 0. The average molecular weight is 358 g/mol. The predicted octanol–water partition coefficient (Wildman–Crippen LogP) is 4.09. The highest BCUT2D eigenvalue weighted by molar-refractivity contribution is 5.42. The summed E-state index contributed by atoms with van der Waals surface area (Å²) in [6, 6.07) is 2.64. The van der Waals surface area contributed by atoms with Gasteiger partial charge >= 0.3 is 0 Å². The normalized spacial score (nSPS) is 22.0. The summed E-state index contributed by atoms with van der Waals surface area (Å²) in [5, 5.41) is 3.50. The van der Waals surface area contributed by atoms with Gasteiger partial charge in [-0.2, -0.15) is 4.98 Å². The second-order valence-electron chi connectivity index (χ2n) is 7.57. The van der Waals surface area contributed by atoms with Crippen molar-refractivity contribution in [2.75, 3.05) is 42.9 Å². The summed E-state index contributed by atoms with van der Waals surface area (Å²) in [7, 11) is 0. The van der Waals surface area contributed by atoms with Crippen LogP contribution >= 0.6 is 0 Å². The van der Waals surface area contributed by atoms with Gasteiger partial charge in [-0.15, -0.1) is 0 Å². The third-order valence-electron chi connectivity index (χ3n) is 5.53. The van der Waals surface area contributed by atoms with Gasteiger partial charge in [0.1, 0.15) is 5.82 Å². The number of hydrogen-bond donors (Lipinski definition) is 1. The maximum absolute atomic E-state index is 4.78. The van der Waals surface area contributed by atoms with Crippen molar-refractivity contribution in [1.82, 2.24) is 14.9 Å². The van der Waals surface area contributed by atoms with Crippen LogP contribution in [-0.4, -0.2) is 53.6 Å². The molecule has 1 unspecified atom stereocenters. The van der Waals surface area contributed by atoms with Crippen molar-refractivity contribution >= 4 is 11.8 Å². The summed E-state index contributed by atoms with van der Waals surface area (Å²) in [6.07, 6.45) is 16.8. The quantitative estimate of drug-likeness (QED) is 0.710. The van der Waals surface area contributed by atoms with Crippen molar-refractivity contribution < 1.29 is 0 Å². The monoisotopic (exact) mass is 357 g/mol. The lowest BCUT2D eigenvalue weighted by Gasteiger charge is -2.24. The van der Waals surface area contributed by atoms with Crippen LogP contribution in [-0.2, 0) is 0 Å². The Morgan fingerprint density at radius 1 is 1.12 bits per heavy atom. The minimum absolute atomic E-state index is 0.590. The number of rotatable bonds is 8. The minimum Gasteiger partial charge on any atom is -0.356 e. The van der Waals surface area contributed by atoms with Crippen LogP contribution in [0.2, 0.25) is 0 Å². The van der Waals surface area contributed by atoms with E-state index < -0.39 is 0 Å². The molecule has 0 saturated carbocycles. The number of anilines is 2. The van der Waals surface area contributed by atoms with Crippen LogP contribution in [0.15, 0.2) is 24.4 Å². The van der Waals surface area contributed by atoms with Crippen LogP contribution in [0.3, 0.4) is 0 Å². The van der Waals surface area contributed by atoms with E-state index in [1.165, 1.54) is 57.9 Å². The molecule has 0 aromatic carbocycles. The molecule has 1 aromatic rings. The van der Waals surface area contributed by atoms with Gasteiger partial charge in [0.25, 0.3) is 0 Å². The van der Waals surface area contributed by atoms with E-state index in [-0.39, 0.29) is 0 Å². The zero-order chi connectivity index (χ0) is 18.0. The molecule has 2 fully saturated rings. The highest BCUT2D eigenvalue weighted by atomic mass is 15.2. The fourth-order valence-corrected chi connectivity index (χ4v) is 3.98. The third kappa shape index (κ3) is 5.70. The van der Waals surface area contributed by atoms with Gasteiger partial charge in [0.2, 0.25) is 5.95 Å². The Bertz CT molecular complexity index is 551. The molecule has 3 rings (SSSR count). The lowest BCUT2D eigenvalue weighted by molar-refractivity contribution is 0.290. The summed E-state index contributed by atoms with van der Waals surface area (Å²) in [4.78, 5) is 14.2. The van der Waals surface area contributed by atoms with Crippen LogP contribution in [0, 0.1) is 0 Å². The van der Waals surface area contributed by atoms with Gasteiger partial charge < -0.3 is 10.2 Å². The van der Waals surface area contributed by atoms with Crippen LogP contribution < -0.4 is 10.2 Å². The number of unbranched alkanes of at least 4 members (excludes halogenated alkanes) is 1. The number of likely N-dealkylation sites (tertiary alicyclic amines) is 1. The van der Waals surface area contributed by atoms with E-state index in [0.717, 1.165) is 37.9 Å². The Morgan fingerprint density at radius 3 is 2.77 bits per heavy atom. The molecule has 26 heavy (non-hydrogen) atoms. The molecule has 0 aliphatic carbocycles. The molecule has 0 radical (unpaired) electrons. The van der Waals surface area contributed by atoms with E-state index in [1.54, 1.807) is 0 Å². The predicted molar refractivity (Wildman–Crippen MR) is 110 cm³/mol. The molecule has 2 aliphatic heterocycles. The molecule has 5 nitrogen and oxygen atoms in total. The van der Waals surface area contributed by atoms with Crippen molar-refractivity contribution in [1.29, 1.82) is 0 Å². The topological polar surface area (TPSA) is 44.3 Å². The fourth-order valence-electron chi connectivity index (χ4n) is 3.98. The Kier molecular flexibility index (Phi) is 7.74. The molecular formula is C21H35N5. The molecule has 5 heteroatoms. The Balaban J connectivity index is 1.51. The molecule has 2 aliphatic rings. The van der Waals surface area contributed by atoms with E-state index in [0.29, 0.717) is 6.04 Å². The fraction of sp³-hybridized carbons (Fsp3) is 0.714. The lowest BCUT2D eigenvalue weighted by atomic mass is 10.2. The molecule has 2 saturated heterocycles. The first-order valence-corrected chi connectivity index (χ1v) is 10.6. The van der Waals surface area contributed by atoms with Crippen molar-refractivity contribution in [3.05, 3.63) is 24.4 Å². The number of nitrogens with zero attached hydrogens (tertiary/aromatic N) is 4. The minimum atomic E-state index is 0.590. The van der Waals surface area contributed by atoms with Crippen molar-refractivity contribution in [3.8, 4) is 0 Å². The van der Waals surface area contributed by atoms with Crippen molar-refractivity contribution in [2.45, 2.75) is 64.3 Å². The maximum atomic E-state index is 4.78. The highest BCUT2D eigenvalue weighted by Crippen LogP contribution is 2.20. The van der Waals surface area contributed by atoms with Gasteiger partial charge in [-0.25, -0.2) is 4.98 Å². The lowest BCUT2D eigenvalue weighted by Crippen LogP contribution is -2.35. The first-order chi connectivity index (χ1) is 12.9. The zero-order valence-corrected chi connectivity index (χ0v) is 16.4. The zero-order valence-electron chi connectivity index (χ0n) is 16.4. The molecule has 144 valence electrons. The average Bonchev–Trinajstić information content (AvgIpc) is 2.94. The number of aromatic nitrogens is 2. The molecule has 1 atom stereocenters. The van der Waals surface area contributed by atoms with Gasteiger partial charge in [-0.05, 0) is 44.7 Å². The standard InChI is InChI=1S/C21H35N5/c1-2-3-4-7-14-25-17-10-11-19(25)18-23-21-22-13-12-20(24-21)26-15-8-5-6-9-16-26/h4,7,12-13,19H,2-3,5-6,8-11,14-18H2,1H3,(H,22,23,24). The third-order valence-corrected chi connectivity index (χ3v) is 5.53. The summed E-state index contributed by atoms with van der Waals surface area (Å²) in [5.74, 6) is 1.86. The first kappa shape index (κ1) is 19.2. The van der Waals surface area contributed by atoms with E-state index in [2.05, 4.69) is 45.2 Å². The van der Waals surface area contributed by atoms with Crippen LogP contribution in [0.5, 0.6) is 0 Å². The van der Waals surface area contributed by atoms with Crippen LogP contribution in [0.25, 0.3) is 0 Å². The Hall–Kier alpha value is -1.62. The van der Waals surface area contributed by atoms with Crippen LogP contribution in [0.4, 0.5) is 11.8 Å². The number of allylic oxidation sites excluding steroid dienone is 1. The van der Waals surface area contributed by atoms with Crippen LogP contribution in [0.1, 0.15) is 58.3 Å². The van der Waals surface area contributed by atoms with Crippen molar-refractivity contribution in [3.63, 3.8) is 0 Å². The molecule has 0 spiro atoms. The number of hydrogen-bond acceptors (Lipinski definition) is 5. The van der Waals surface area contributed by atoms with Gasteiger partial charge in [-0.1, -0.05) is 38.3 Å². The van der Waals surface area contributed by atoms with Gasteiger partial charge in [-0.3, -0.25) is 4.90 Å². The first-order valence-electron chi connectivity index (χ1n) is 10.6. The second-order valence-corrected chi connectivity index (χ2v) is 7.57. The molecular weight excluding hydrogens is 322 g/mol. The summed E-state index contributed by atoms with van der Waals surface area (Å²) < 4.78 is 0. The van der Waals surface area contributed by atoms with Gasteiger partial charge in [0.05, 0.1) is 0 Å². The molecule has 0 amide bonds. The largest absolute Gasteiger partial charge is 0.356 e. The van der Waals surface area contributed by atoms with E-state index in [1.807, 2.05) is 6.20 Å². The smallest absolute Gasteiger partial charge is 0.224 e. The van der Waals surface area contributed by atoms with E-state index >= 15 is 0 Å².